The maximum Gasteiger partial charge on any atom is 0.316 e. The Morgan fingerprint density at radius 3 is 2.62 bits per heavy atom. The van der Waals surface area contributed by atoms with Crippen molar-refractivity contribution < 1.29 is 19.0 Å². The highest BCUT2D eigenvalue weighted by molar-refractivity contribution is 5.93. The summed E-state index contributed by atoms with van der Waals surface area (Å²) in [6.07, 6.45) is 3.07. The van der Waals surface area contributed by atoms with Gasteiger partial charge >= 0.3 is 6.01 Å². The van der Waals surface area contributed by atoms with Crippen molar-refractivity contribution in [2.24, 2.45) is 0 Å². The van der Waals surface area contributed by atoms with E-state index < -0.39 is 0 Å². The van der Waals surface area contributed by atoms with Crippen LogP contribution in [0.2, 0.25) is 0 Å². The van der Waals surface area contributed by atoms with Gasteiger partial charge in [0.15, 0.2) is 6.61 Å². The van der Waals surface area contributed by atoms with Crippen LogP contribution in [-0.2, 0) is 4.79 Å². The zero-order chi connectivity index (χ0) is 15.1. The number of ether oxygens (including phenoxy) is 3. The molecule has 7 heteroatoms. The number of hydrogen-bond acceptors (Lipinski definition) is 6. The molecule has 2 aromatic rings. The lowest BCUT2D eigenvalue weighted by molar-refractivity contribution is -0.118. The third-order valence-corrected chi connectivity index (χ3v) is 2.56. The normalized spacial score (nSPS) is 9.81. The lowest BCUT2D eigenvalue weighted by atomic mass is 10.2. The summed E-state index contributed by atoms with van der Waals surface area (Å²) in [7, 11) is 3.07. The van der Waals surface area contributed by atoms with Crippen LogP contribution in [0, 0.1) is 0 Å². The van der Waals surface area contributed by atoms with E-state index in [1.54, 1.807) is 31.4 Å². The monoisotopic (exact) mass is 289 g/mol. The van der Waals surface area contributed by atoms with Gasteiger partial charge in [0.25, 0.3) is 5.91 Å². The fourth-order valence-corrected chi connectivity index (χ4v) is 1.58. The molecular formula is C14H15N3O4. The van der Waals surface area contributed by atoms with E-state index in [0.29, 0.717) is 17.2 Å². The number of nitrogens with zero attached hydrogens (tertiary/aromatic N) is 2. The van der Waals surface area contributed by atoms with Crippen molar-refractivity contribution in [3.63, 3.8) is 0 Å². The van der Waals surface area contributed by atoms with Crippen molar-refractivity contribution in [3.05, 3.63) is 36.7 Å². The standard InChI is InChI=1S/C14H15N3O4/c1-19-10-4-5-11(12(8-10)20-2)17-13(18)9-21-14-15-6-3-7-16-14/h3-8H,9H2,1-2H3,(H,17,18). The van der Waals surface area contributed by atoms with Crippen LogP contribution < -0.4 is 19.5 Å². The van der Waals surface area contributed by atoms with Gasteiger partial charge in [0, 0.05) is 18.5 Å². The molecule has 1 amide bonds. The van der Waals surface area contributed by atoms with Crippen molar-refractivity contribution in [1.29, 1.82) is 0 Å². The van der Waals surface area contributed by atoms with Gasteiger partial charge in [-0.3, -0.25) is 4.79 Å². The van der Waals surface area contributed by atoms with Crippen LogP contribution in [0.4, 0.5) is 5.69 Å². The molecule has 0 unspecified atom stereocenters. The minimum atomic E-state index is -0.342. The summed E-state index contributed by atoms with van der Waals surface area (Å²) in [4.78, 5) is 19.5. The molecule has 0 saturated heterocycles. The molecule has 1 heterocycles. The minimum absolute atomic E-state index is 0.148. The predicted octanol–water partition coefficient (Wildman–Crippen LogP) is 1.51. The number of hydrogen-bond donors (Lipinski definition) is 1. The van der Waals surface area contributed by atoms with E-state index in [4.69, 9.17) is 14.2 Å². The van der Waals surface area contributed by atoms with Gasteiger partial charge in [0.1, 0.15) is 11.5 Å². The Morgan fingerprint density at radius 1 is 1.19 bits per heavy atom. The number of anilines is 1. The second kappa shape index (κ2) is 7.09. The van der Waals surface area contributed by atoms with Gasteiger partial charge in [-0.25, -0.2) is 9.97 Å². The van der Waals surface area contributed by atoms with Crippen LogP contribution in [0.25, 0.3) is 0 Å². The third-order valence-electron chi connectivity index (χ3n) is 2.56. The molecular weight excluding hydrogens is 274 g/mol. The van der Waals surface area contributed by atoms with Gasteiger partial charge < -0.3 is 19.5 Å². The number of benzene rings is 1. The van der Waals surface area contributed by atoms with Crippen LogP contribution in [-0.4, -0.2) is 36.7 Å². The Balaban J connectivity index is 1.96. The van der Waals surface area contributed by atoms with E-state index >= 15 is 0 Å². The van der Waals surface area contributed by atoms with Crippen molar-refractivity contribution in [2.75, 3.05) is 26.1 Å². The van der Waals surface area contributed by atoms with Crippen LogP contribution in [0.1, 0.15) is 0 Å². The Bertz CT molecular complexity index is 604. The molecule has 0 aliphatic rings. The van der Waals surface area contributed by atoms with E-state index in [0.717, 1.165) is 0 Å². The third kappa shape index (κ3) is 4.07. The van der Waals surface area contributed by atoms with Crippen LogP contribution in [0.5, 0.6) is 17.5 Å². The van der Waals surface area contributed by atoms with Crippen LogP contribution >= 0.6 is 0 Å². The molecule has 110 valence electrons. The molecule has 0 spiro atoms. The zero-order valence-corrected chi connectivity index (χ0v) is 11.7. The first kappa shape index (κ1) is 14.6. The molecule has 0 atom stereocenters. The highest BCUT2D eigenvalue weighted by Gasteiger charge is 2.10. The van der Waals surface area contributed by atoms with Gasteiger partial charge in [-0.2, -0.15) is 0 Å². The summed E-state index contributed by atoms with van der Waals surface area (Å²) in [6, 6.07) is 6.90. The van der Waals surface area contributed by atoms with E-state index in [2.05, 4.69) is 15.3 Å². The lowest BCUT2D eigenvalue weighted by Crippen LogP contribution is -2.21. The fraction of sp³-hybridized carbons (Fsp3) is 0.214. The van der Waals surface area contributed by atoms with Crippen molar-refractivity contribution in [2.45, 2.75) is 0 Å². The van der Waals surface area contributed by atoms with Gasteiger partial charge in [0.2, 0.25) is 0 Å². The summed E-state index contributed by atoms with van der Waals surface area (Å²) in [5.74, 6) is 0.795. The predicted molar refractivity (Wildman–Crippen MR) is 75.7 cm³/mol. The Labute approximate surface area is 121 Å². The number of nitrogens with one attached hydrogen (secondary N) is 1. The first-order chi connectivity index (χ1) is 10.2. The molecule has 0 aliphatic carbocycles. The topological polar surface area (TPSA) is 82.6 Å². The highest BCUT2D eigenvalue weighted by atomic mass is 16.5. The maximum atomic E-state index is 11.8. The Morgan fingerprint density at radius 2 is 1.95 bits per heavy atom. The molecule has 0 aliphatic heterocycles. The molecule has 21 heavy (non-hydrogen) atoms. The summed E-state index contributed by atoms with van der Waals surface area (Å²) < 4.78 is 15.4. The van der Waals surface area contributed by atoms with E-state index in [-0.39, 0.29) is 18.5 Å². The van der Waals surface area contributed by atoms with Crippen LogP contribution in [0.15, 0.2) is 36.7 Å². The first-order valence-electron chi connectivity index (χ1n) is 6.14. The van der Waals surface area contributed by atoms with Crippen molar-refractivity contribution in [1.82, 2.24) is 9.97 Å². The smallest absolute Gasteiger partial charge is 0.316 e. The summed E-state index contributed by atoms with van der Waals surface area (Å²) >= 11 is 0. The molecule has 0 radical (unpaired) electrons. The number of amides is 1. The van der Waals surface area contributed by atoms with Gasteiger partial charge in [-0.1, -0.05) is 0 Å². The number of methoxy groups -OCH3 is 2. The van der Waals surface area contributed by atoms with Gasteiger partial charge in [0.05, 0.1) is 19.9 Å². The molecule has 1 aromatic carbocycles. The molecule has 1 aromatic heterocycles. The Hall–Kier alpha value is -2.83. The molecule has 7 nitrogen and oxygen atoms in total. The fourth-order valence-electron chi connectivity index (χ4n) is 1.58. The molecule has 1 N–H and O–H groups in total. The number of carbonyl (C=O) groups is 1. The lowest BCUT2D eigenvalue weighted by Gasteiger charge is -2.11. The molecule has 2 rings (SSSR count). The summed E-state index contributed by atoms with van der Waals surface area (Å²) in [5.41, 5.74) is 0.529. The molecule has 0 bridgehead atoms. The van der Waals surface area contributed by atoms with Crippen LogP contribution in [0.3, 0.4) is 0 Å². The largest absolute Gasteiger partial charge is 0.497 e. The second-order valence-corrected chi connectivity index (χ2v) is 3.93. The second-order valence-electron chi connectivity index (χ2n) is 3.93. The number of carbonyl (C=O) groups excluding carboxylic acids is 1. The average Bonchev–Trinajstić information content (AvgIpc) is 2.54. The highest BCUT2D eigenvalue weighted by Crippen LogP contribution is 2.28. The van der Waals surface area contributed by atoms with E-state index in [1.165, 1.54) is 19.5 Å². The SMILES string of the molecule is COc1ccc(NC(=O)COc2ncccn2)c(OC)c1. The van der Waals surface area contributed by atoms with Crippen molar-refractivity contribution >= 4 is 11.6 Å². The zero-order valence-electron chi connectivity index (χ0n) is 11.7. The Kier molecular flexibility index (Phi) is 4.92. The molecule has 0 fully saturated rings. The van der Waals surface area contributed by atoms with E-state index in [9.17, 15) is 4.79 Å². The average molecular weight is 289 g/mol. The summed E-state index contributed by atoms with van der Waals surface area (Å²) in [5, 5.41) is 2.68. The van der Waals surface area contributed by atoms with Gasteiger partial charge in [-0.15, -0.1) is 0 Å². The quantitative estimate of drug-likeness (QED) is 0.868. The minimum Gasteiger partial charge on any atom is -0.497 e. The number of aromatic nitrogens is 2. The number of rotatable bonds is 6. The van der Waals surface area contributed by atoms with Crippen molar-refractivity contribution in [3.8, 4) is 17.5 Å². The first-order valence-corrected chi connectivity index (χ1v) is 6.14. The summed E-state index contributed by atoms with van der Waals surface area (Å²) in [6.45, 7) is -0.195. The molecule has 0 saturated carbocycles. The maximum absolute atomic E-state index is 11.8. The van der Waals surface area contributed by atoms with Gasteiger partial charge in [-0.05, 0) is 18.2 Å². The van der Waals surface area contributed by atoms with E-state index in [1.807, 2.05) is 0 Å².